The van der Waals surface area contributed by atoms with Crippen molar-refractivity contribution in [1.29, 1.82) is 0 Å². The number of benzene rings is 1. The number of ketones is 1. The van der Waals surface area contributed by atoms with Gasteiger partial charge in [0.2, 0.25) is 0 Å². The highest BCUT2D eigenvalue weighted by Crippen LogP contribution is 2.28. The number of aliphatic hydroxyl groups excluding tert-OH is 1. The molecule has 5 nitrogen and oxygen atoms in total. The zero-order valence-corrected chi connectivity index (χ0v) is 15.9. The van der Waals surface area contributed by atoms with Gasteiger partial charge in [0.15, 0.2) is 17.3 Å². The molecule has 1 N–H and O–H groups in total. The van der Waals surface area contributed by atoms with E-state index in [1.54, 1.807) is 29.5 Å². The first-order valence-corrected chi connectivity index (χ1v) is 9.00. The second kappa shape index (κ2) is 8.99. The summed E-state index contributed by atoms with van der Waals surface area (Å²) in [5, 5.41) is 12.3. The number of aliphatic hydroxyl groups is 1. The van der Waals surface area contributed by atoms with Gasteiger partial charge in [-0.15, -0.1) is 11.3 Å². The van der Waals surface area contributed by atoms with Crippen molar-refractivity contribution in [3.63, 3.8) is 0 Å². The van der Waals surface area contributed by atoms with E-state index in [-0.39, 0.29) is 12.4 Å². The van der Waals surface area contributed by atoms with E-state index in [0.29, 0.717) is 23.6 Å². The number of Topliss-reactive ketones (excluding diaryl/α,β-unsaturated/α-hetero) is 1. The van der Waals surface area contributed by atoms with Crippen molar-refractivity contribution < 1.29 is 19.4 Å². The lowest BCUT2D eigenvalue weighted by atomic mass is 10.1. The lowest BCUT2D eigenvalue weighted by molar-refractivity contribution is 0.0734. The van der Waals surface area contributed by atoms with Crippen LogP contribution in [0.4, 0.5) is 0 Å². The van der Waals surface area contributed by atoms with Crippen molar-refractivity contribution in [2.75, 3.05) is 27.3 Å². The highest BCUT2D eigenvalue weighted by Gasteiger charge is 2.13. The predicted octanol–water partition coefficient (Wildman–Crippen LogP) is 3.14. The first-order valence-electron chi connectivity index (χ1n) is 8.12. The highest BCUT2D eigenvalue weighted by molar-refractivity contribution is 7.10. The second-order valence-electron chi connectivity index (χ2n) is 6.11. The minimum absolute atomic E-state index is 0.0321. The summed E-state index contributed by atoms with van der Waals surface area (Å²) < 4.78 is 10.9. The fraction of sp³-hybridized carbons (Fsp3) is 0.421. The summed E-state index contributed by atoms with van der Waals surface area (Å²) in [4.78, 5) is 14.8. The monoisotopic (exact) mass is 363 g/mol. The number of carbonyl (C=O) groups excluding carboxylic acids is 1. The number of ether oxygens (including phenoxy) is 2. The van der Waals surface area contributed by atoms with Gasteiger partial charge in [-0.25, -0.2) is 0 Å². The van der Waals surface area contributed by atoms with E-state index in [1.165, 1.54) is 24.5 Å². The van der Waals surface area contributed by atoms with Crippen LogP contribution in [0.2, 0.25) is 0 Å². The van der Waals surface area contributed by atoms with Gasteiger partial charge in [0.1, 0.15) is 12.7 Å². The number of thiophene rings is 1. The maximum atomic E-state index is 11.4. The molecule has 6 heteroatoms. The average Bonchev–Trinajstić information content (AvgIpc) is 2.97. The lowest BCUT2D eigenvalue weighted by Gasteiger charge is -2.21. The summed E-state index contributed by atoms with van der Waals surface area (Å²) in [7, 11) is 3.50. The predicted molar refractivity (Wildman–Crippen MR) is 99.9 cm³/mol. The second-order valence-corrected chi connectivity index (χ2v) is 7.11. The standard InChI is InChI=1S/C19H25NO4S/c1-13-7-8-25-19(13)11-20(3)10-16(22)12-24-17-6-5-15(14(2)21)9-18(17)23-4/h5-9,16,22H,10-12H2,1-4H3/t16-/m0/s1. The summed E-state index contributed by atoms with van der Waals surface area (Å²) in [6, 6.07) is 7.14. The number of methoxy groups -OCH3 is 1. The molecule has 0 saturated heterocycles. The van der Waals surface area contributed by atoms with Crippen LogP contribution in [0.3, 0.4) is 0 Å². The van der Waals surface area contributed by atoms with Crippen LogP contribution in [0.15, 0.2) is 29.6 Å². The Bertz CT molecular complexity index is 713. The third-order valence-electron chi connectivity index (χ3n) is 3.91. The Balaban J connectivity index is 1.88. The highest BCUT2D eigenvalue weighted by atomic mass is 32.1. The third-order valence-corrected chi connectivity index (χ3v) is 4.91. The molecular weight excluding hydrogens is 338 g/mol. The number of hydrogen-bond acceptors (Lipinski definition) is 6. The van der Waals surface area contributed by atoms with E-state index in [9.17, 15) is 9.90 Å². The molecule has 2 rings (SSSR count). The summed E-state index contributed by atoms with van der Waals surface area (Å²) in [5.74, 6) is 0.973. The summed E-state index contributed by atoms with van der Waals surface area (Å²) in [6.45, 7) is 5.06. The molecule has 2 aromatic rings. The van der Waals surface area contributed by atoms with Gasteiger partial charge in [-0.3, -0.25) is 9.69 Å². The number of aryl methyl sites for hydroxylation is 1. The number of carbonyl (C=O) groups is 1. The quantitative estimate of drug-likeness (QED) is 0.694. The topological polar surface area (TPSA) is 59.0 Å². The van der Waals surface area contributed by atoms with E-state index in [1.807, 2.05) is 7.05 Å². The van der Waals surface area contributed by atoms with Gasteiger partial charge in [-0.05, 0) is 56.1 Å². The van der Waals surface area contributed by atoms with E-state index >= 15 is 0 Å². The number of likely N-dealkylation sites (N-methyl/N-ethyl adjacent to an activating group) is 1. The van der Waals surface area contributed by atoms with E-state index in [2.05, 4.69) is 23.3 Å². The Morgan fingerprint density at radius 1 is 1.32 bits per heavy atom. The zero-order chi connectivity index (χ0) is 18.4. The fourth-order valence-electron chi connectivity index (χ4n) is 2.48. The smallest absolute Gasteiger partial charge is 0.161 e. The molecule has 0 unspecified atom stereocenters. The molecule has 0 saturated carbocycles. The van der Waals surface area contributed by atoms with Crippen molar-refractivity contribution >= 4 is 17.1 Å². The number of nitrogens with zero attached hydrogens (tertiary/aromatic N) is 1. The Hall–Kier alpha value is -1.89. The van der Waals surface area contributed by atoms with Gasteiger partial charge in [0.25, 0.3) is 0 Å². The number of hydrogen-bond donors (Lipinski definition) is 1. The van der Waals surface area contributed by atoms with Crippen LogP contribution >= 0.6 is 11.3 Å². The molecule has 1 aromatic heterocycles. The van der Waals surface area contributed by atoms with Crippen LogP contribution in [-0.4, -0.2) is 49.2 Å². The van der Waals surface area contributed by atoms with Gasteiger partial charge in [-0.2, -0.15) is 0 Å². The molecule has 1 aromatic carbocycles. The van der Waals surface area contributed by atoms with Crippen molar-refractivity contribution in [1.82, 2.24) is 4.90 Å². The van der Waals surface area contributed by atoms with Crippen molar-refractivity contribution in [2.45, 2.75) is 26.5 Å². The first kappa shape index (κ1) is 19.4. The molecule has 136 valence electrons. The molecule has 0 aliphatic heterocycles. The Labute approximate surface area is 152 Å². The maximum Gasteiger partial charge on any atom is 0.161 e. The van der Waals surface area contributed by atoms with E-state index < -0.39 is 6.10 Å². The molecule has 25 heavy (non-hydrogen) atoms. The van der Waals surface area contributed by atoms with Crippen LogP contribution in [-0.2, 0) is 6.54 Å². The summed E-state index contributed by atoms with van der Waals surface area (Å²) in [6.07, 6.45) is -0.623. The normalized spacial score (nSPS) is 12.2. The Morgan fingerprint density at radius 2 is 2.08 bits per heavy atom. The van der Waals surface area contributed by atoms with Crippen LogP contribution in [0, 0.1) is 6.92 Å². The molecular formula is C19H25NO4S. The van der Waals surface area contributed by atoms with E-state index in [4.69, 9.17) is 9.47 Å². The van der Waals surface area contributed by atoms with Gasteiger partial charge in [0, 0.05) is 23.5 Å². The van der Waals surface area contributed by atoms with Crippen LogP contribution in [0.1, 0.15) is 27.7 Å². The zero-order valence-electron chi connectivity index (χ0n) is 15.1. The molecule has 0 aliphatic rings. The molecule has 0 spiro atoms. The molecule has 0 fully saturated rings. The third kappa shape index (κ3) is 5.56. The average molecular weight is 363 g/mol. The molecule has 0 bridgehead atoms. The minimum atomic E-state index is -0.623. The molecule has 0 aliphatic carbocycles. The van der Waals surface area contributed by atoms with Gasteiger partial charge in [0.05, 0.1) is 7.11 Å². The lowest BCUT2D eigenvalue weighted by Crippen LogP contribution is -2.32. The van der Waals surface area contributed by atoms with Crippen LogP contribution in [0.25, 0.3) is 0 Å². The van der Waals surface area contributed by atoms with Crippen LogP contribution < -0.4 is 9.47 Å². The van der Waals surface area contributed by atoms with Gasteiger partial charge >= 0.3 is 0 Å². The van der Waals surface area contributed by atoms with Gasteiger partial charge in [-0.1, -0.05) is 0 Å². The molecule has 1 atom stereocenters. The van der Waals surface area contributed by atoms with Crippen molar-refractivity contribution in [3.05, 3.63) is 45.6 Å². The largest absolute Gasteiger partial charge is 0.493 e. The molecule has 1 heterocycles. The molecule has 0 amide bonds. The Morgan fingerprint density at radius 3 is 2.68 bits per heavy atom. The molecule has 0 radical (unpaired) electrons. The number of rotatable bonds is 9. The summed E-state index contributed by atoms with van der Waals surface area (Å²) in [5.41, 5.74) is 1.84. The van der Waals surface area contributed by atoms with Crippen molar-refractivity contribution in [2.24, 2.45) is 0 Å². The van der Waals surface area contributed by atoms with Crippen LogP contribution in [0.5, 0.6) is 11.5 Å². The summed E-state index contributed by atoms with van der Waals surface area (Å²) >= 11 is 1.73. The minimum Gasteiger partial charge on any atom is -0.493 e. The first-order chi connectivity index (χ1) is 11.9. The fourth-order valence-corrected chi connectivity index (χ4v) is 3.47. The maximum absolute atomic E-state index is 11.4. The SMILES string of the molecule is COc1cc(C(C)=O)ccc1OC[C@@H](O)CN(C)Cc1sccc1C. The van der Waals surface area contributed by atoms with Crippen molar-refractivity contribution in [3.8, 4) is 11.5 Å². The van der Waals surface area contributed by atoms with E-state index in [0.717, 1.165) is 6.54 Å². The van der Waals surface area contributed by atoms with Gasteiger partial charge < -0.3 is 14.6 Å². The Kier molecular flexibility index (Phi) is 6.99.